The highest BCUT2D eigenvalue weighted by atomic mass is 16.6. The van der Waals surface area contributed by atoms with E-state index >= 15 is 0 Å². The van der Waals surface area contributed by atoms with Crippen molar-refractivity contribution in [2.45, 2.75) is 31.9 Å². The molecule has 0 aliphatic heterocycles. The van der Waals surface area contributed by atoms with Gasteiger partial charge in [0.1, 0.15) is 19.3 Å². The van der Waals surface area contributed by atoms with Crippen molar-refractivity contribution in [3.05, 3.63) is 95.1 Å². The van der Waals surface area contributed by atoms with Gasteiger partial charge in [-0.05, 0) is 40.3 Å². The molecule has 0 spiro atoms. The maximum atomic E-state index is 12.3. The van der Waals surface area contributed by atoms with E-state index in [1.807, 2.05) is 36.4 Å². The van der Waals surface area contributed by atoms with Crippen LogP contribution in [0.15, 0.2) is 72.8 Å². The largest absolute Gasteiger partial charge is 0.481 e. The molecule has 1 aliphatic rings. The molecule has 0 bridgehead atoms. The van der Waals surface area contributed by atoms with Crippen LogP contribution in [-0.4, -0.2) is 35.8 Å². The Morgan fingerprint density at radius 1 is 0.853 bits per heavy atom. The normalized spacial score (nSPS) is 12.9. The molecule has 0 aromatic heterocycles. The van der Waals surface area contributed by atoms with Gasteiger partial charge in [0.25, 0.3) is 0 Å². The van der Waals surface area contributed by atoms with Gasteiger partial charge in [-0.15, -0.1) is 0 Å². The van der Waals surface area contributed by atoms with Gasteiger partial charge in [0.05, 0.1) is 6.42 Å². The number of rotatable bonds is 8. The van der Waals surface area contributed by atoms with Crippen LogP contribution in [0.25, 0.3) is 11.1 Å². The predicted octanol–water partition coefficient (Wildman–Crippen LogP) is 4.28. The summed E-state index contributed by atoms with van der Waals surface area (Å²) in [6.45, 7) is 1.70. The van der Waals surface area contributed by atoms with E-state index in [0.29, 0.717) is 5.56 Å². The number of esters is 1. The first-order valence-corrected chi connectivity index (χ1v) is 11.0. The van der Waals surface area contributed by atoms with E-state index in [9.17, 15) is 14.4 Å². The molecule has 0 radical (unpaired) electrons. The molecule has 4 rings (SSSR count). The van der Waals surface area contributed by atoms with Crippen LogP contribution in [0.2, 0.25) is 0 Å². The van der Waals surface area contributed by atoms with Crippen molar-refractivity contribution in [3.8, 4) is 11.1 Å². The standard InChI is InChI=1S/C27H25NO6/c1-17(26(31)33-15-19-12-10-18(11-13-19)14-25(29)30)28-27(32)34-16-24-22-8-4-2-6-20(22)21-7-3-5-9-23(21)24/h2-13,17,24H,14-16H2,1H3,(H,28,32)(H,29,30)/t17-/m0/s1. The SMILES string of the molecule is C[C@H](NC(=O)OCC1c2ccccc2-c2ccccc21)C(=O)OCc1ccc(CC(=O)O)cc1. The zero-order valence-corrected chi connectivity index (χ0v) is 18.7. The summed E-state index contributed by atoms with van der Waals surface area (Å²) in [4.78, 5) is 35.4. The smallest absolute Gasteiger partial charge is 0.407 e. The number of nitrogens with one attached hydrogen (secondary N) is 1. The zero-order valence-electron chi connectivity index (χ0n) is 18.7. The fourth-order valence-corrected chi connectivity index (χ4v) is 4.08. The van der Waals surface area contributed by atoms with Crippen LogP contribution < -0.4 is 5.32 Å². The Kier molecular flexibility index (Phi) is 6.92. The molecule has 0 heterocycles. The third-order valence-corrected chi connectivity index (χ3v) is 5.79. The average molecular weight is 459 g/mol. The molecular weight excluding hydrogens is 434 g/mol. The molecule has 0 fully saturated rings. The lowest BCUT2D eigenvalue weighted by Crippen LogP contribution is -2.40. The number of ether oxygens (including phenoxy) is 2. The molecule has 3 aromatic rings. The van der Waals surface area contributed by atoms with E-state index in [4.69, 9.17) is 14.6 Å². The Bertz CT molecular complexity index is 1160. The number of alkyl carbamates (subject to hydrolysis) is 1. The number of benzene rings is 3. The lowest BCUT2D eigenvalue weighted by Gasteiger charge is -2.17. The number of hydrogen-bond acceptors (Lipinski definition) is 5. The second-order valence-electron chi connectivity index (χ2n) is 8.19. The Morgan fingerprint density at radius 3 is 2.00 bits per heavy atom. The number of hydrogen-bond donors (Lipinski definition) is 2. The molecule has 34 heavy (non-hydrogen) atoms. The molecule has 0 saturated heterocycles. The number of carbonyl (C=O) groups excluding carboxylic acids is 2. The predicted molar refractivity (Wildman–Crippen MR) is 125 cm³/mol. The average Bonchev–Trinajstić information content (AvgIpc) is 3.15. The van der Waals surface area contributed by atoms with Gasteiger partial charge in [0, 0.05) is 5.92 Å². The molecule has 1 aliphatic carbocycles. The summed E-state index contributed by atoms with van der Waals surface area (Å²) in [5.74, 6) is -1.57. The van der Waals surface area contributed by atoms with Gasteiger partial charge < -0.3 is 19.9 Å². The van der Waals surface area contributed by atoms with E-state index in [2.05, 4.69) is 17.4 Å². The summed E-state index contributed by atoms with van der Waals surface area (Å²) in [5.41, 5.74) is 5.88. The van der Waals surface area contributed by atoms with E-state index in [1.54, 1.807) is 24.3 Å². The highest BCUT2D eigenvalue weighted by Gasteiger charge is 2.29. The Hall–Kier alpha value is -4.13. The second kappa shape index (κ2) is 10.2. The molecular formula is C27H25NO6. The zero-order chi connectivity index (χ0) is 24.1. The quantitative estimate of drug-likeness (QED) is 0.488. The molecule has 3 aromatic carbocycles. The Morgan fingerprint density at radius 2 is 1.41 bits per heavy atom. The minimum absolute atomic E-state index is 0.0168. The topological polar surface area (TPSA) is 102 Å². The monoisotopic (exact) mass is 459 g/mol. The van der Waals surface area contributed by atoms with Crippen LogP contribution in [0.1, 0.15) is 35.1 Å². The van der Waals surface area contributed by atoms with Crippen molar-refractivity contribution in [1.29, 1.82) is 0 Å². The van der Waals surface area contributed by atoms with Gasteiger partial charge in [-0.3, -0.25) is 4.79 Å². The summed E-state index contributed by atoms with van der Waals surface area (Å²) in [5, 5.41) is 11.3. The third kappa shape index (κ3) is 5.26. The van der Waals surface area contributed by atoms with Crippen molar-refractivity contribution in [2.24, 2.45) is 0 Å². The van der Waals surface area contributed by atoms with E-state index in [1.165, 1.54) is 6.92 Å². The first-order chi connectivity index (χ1) is 16.4. The van der Waals surface area contributed by atoms with Gasteiger partial charge in [0.2, 0.25) is 0 Å². The summed E-state index contributed by atoms with van der Waals surface area (Å²) < 4.78 is 10.7. The Balaban J connectivity index is 1.27. The second-order valence-corrected chi connectivity index (χ2v) is 8.19. The molecule has 2 N–H and O–H groups in total. The van der Waals surface area contributed by atoms with Gasteiger partial charge >= 0.3 is 18.0 Å². The number of carbonyl (C=O) groups is 3. The van der Waals surface area contributed by atoms with Crippen molar-refractivity contribution in [3.63, 3.8) is 0 Å². The van der Waals surface area contributed by atoms with Crippen molar-refractivity contribution < 1.29 is 29.0 Å². The van der Waals surface area contributed by atoms with Gasteiger partial charge in [0.15, 0.2) is 0 Å². The minimum Gasteiger partial charge on any atom is -0.481 e. The molecule has 0 unspecified atom stereocenters. The van der Waals surface area contributed by atoms with Crippen LogP contribution in [-0.2, 0) is 32.1 Å². The molecule has 7 nitrogen and oxygen atoms in total. The minimum atomic E-state index is -0.910. The lowest BCUT2D eigenvalue weighted by atomic mass is 9.98. The molecule has 7 heteroatoms. The Labute approximate surface area is 197 Å². The van der Waals surface area contributed by atoms with Crippen molar-refractivity contribution in [1.82, 2.24) is 5.32 Å². The van der Waals surface area contributed by atoms with Crippen LogP contribution in [0.4, 0.5) is 4.79 Å². The summed E-state index contributed by atoms with van der Waals surface area (Å²) in [7, 11) is 0. The maximum absolute atomic E-state index is 12.3. The van der Waals surface area contributed by atoms with Crippen LogP contribution in [0.3, 0.4) is 0 Å². The summed E-state index contributed by atoms with van der Waals surface area (Å²) in [6, 6.07) is 22.0. The summed E-state index contributed by atoms with van der Waals surface area (Å²) >= 11 is 0. The van der Waals surface area contributed by atoms with Gasteiger partial charge in [-0.25, -0.2) is 9.59 Å². The summed E-state index contributed by atoms with van der Waals surface area (Å²) in [6.07, 6.45) is -0.759. The van der Waals surface area contributed by atoms with Crippen LogP contribution in [0, 0.1) is 0 Å². The first-order valence-electron chi connectivity index (χ1n) is 11.0. The number of carboxylic acids is 1. The highest BCUT2D eigenvalue weighted by molar-refractivity contribution is 5.81. The fourth-order valence-electron chi connectivity index (χ4n) is 4.08. The number of amides is 1. The molecule has 0 saturated carbocycles. The van der Waals surface area contributed by atoms with E-state index < -0.39 is 24.1 Å². The third-order valence-electron chi connectivity index (χ3n) is 5.79. The fraction of sp³-hybridized carbons (Fsp3) is 0.222. The number of aliphatic carboxylic acids is 1. The van der Waals surface area contributed by atoms with Crippen LogP contribution >= 0.6 is 0 Å². The number of carboxylic acid groups (broad SMARTS) is 1. The number of fused-ring (bicyclic) bond motifs is 3. The van der Waals surface area contributed by atoms with Crippen LogP contribution in [0.5, 0.6) is 0 Å². The molecule has 1 amide bonds. The molecule has 1 atom stereocenters. The molecule has 174 valence electrons. The van der Waals surface area contributed by atoms with Gasteiger partial charge in [-0.2, -0.15) is 0 Å². The van der Waals surface area contributed by atoms with Crippen molar-refractivity contribution >= 4 is 18.0 Å². The van der Waals surface area contributed by atoms with E-state index in [0.717, 1.165) is 27.8 Å². The van der Waals surface area contributed by atoms with E-state index in [-0.39, 0.29) is 25.6 Å². The van der Waals surface area contributed by atoms with Crippen molar-refractivity contribution in [2.75, 3.05) is 6.61 Å². The first kappa shape index (κ1) is 23.0. The van der Waals surface area contributed by atoms with Gasteiger partial charge in [-0.1, -0.05) is 72.8 Å². The maximum Gasteiger partial charge on any atom is 0.407 e. The lowest BCUT2D eigenvalue weighted by molar-refractivity contribution is -0.146. The highest BCUT2D eigenvalue weighted by Crippen LogP contribution is 2.44.